The maximum absolute atomic E-state index is 10.9. The third-order valence-corrected chi connectivity index (χ3v) is 2.23. The van der Waals surface area contributed by atoms with Crippen molar-refractivity contribution in [2.24, 2.45) is 10.4 Å². The van der Waals surface area contributed by atoms with E-state index in [4.69, 9.17) is 9.84 Å². The predicted molar refractivity (Wildman–Crippen MR) is 41.2 cm³/mol. The van der Waals surface area contributed by atoms with Gasteiger partial charge in [-0.15, -0.1) is 0 Å². The van der Waals surface area contributed by atoms with E-state index in [9.17, 15) is 4.79 Å². The molecule has 0 aromatic carbocycles. The summed E-state index contributed by atoms with van der Waals surface area (Å²) < 4.78 is 4.91. The first-order valence-corrected chi connectivity index (χ1v) is 3.86. The lowest BCUT2D eigenvalue weighted by Crippen LogP contribution is -2.57. The molecule has 0 aromatic heterocycles. The molecule has 0 aliphatic carbocycles. The number of carbonyl (C=O) groups is 1. The van der Waals surface area contributed by atoms with Crippen molar-refractivity contribution in [3.05, 3.63) is 0 Å². The summed E-state index contributed by atoms with van der Waals surface area (Å²) in [5, 5.41) is 11.9. The summed E-state index contributed by atoms with van der Waals surface area (Å²) in [6.07, 6.45) is 0. The average Bonchev–Trinajstić information content (AvgIpc) is 2.35. The Labute approximate surface area is 69.4 Å². The molecule has 0 saturated carbocycles. The van der Waals surface area contributed by atoms with Crippen molar-refractivity contribution in [2.45, 2.75) is 0 Å². The number of aliphatic imine (C=N–C) groups is 1. The van der Waals surface area contributed by atoms with E-state index in [2.05, 4.69) is 10.3 Å². The number of hydrogen-bond donors (Lipinski definition) is 2. The quantitative estimate of drug-likeness (QED) is 0.562. The van der Waals surface area contributed by atoms with Gasteiger partial charge in [0.2, 0.25) is 0 Å². The minimum absolute atomic E-state index is 0.244. The van der Waals surface area contributed by atoms with Crippen LogP contribution in [0, 0.1) is 5.41 Å². The lowest BCUT2D eigenvalue weighted by atomic mass is 9.84. The first kappa shape index (κ1) is 7.54. The van der Waals surface area contributed by atoms with Crippen LogP contribution in [0.15, 0.2) is 4.99 Å². The highest BCUT2D eigenvalue weighted by Gasteiger charge is 2.51. The van der Waals surface area contributed by atoms with Crippen molar-refractivity contribution in [2.75, 3.05) is 26.3 Å². The zero-order chi connectivity index (χ0) is 8.60. The number of ether oxygens (including phenoxy) is 1. The van der Waals surface area contributed by atoms with Gasteiger partial charge < -0.3 is 15.2 Å². The molecule has 12 heavy (non-hydrogen) atoms. The molecule has 66 valence electrons. The molecular formula is C7H10N2O3. The summed E-state index contributed by atoms with van der Waals surface area (Å²) in [5.74, 6) is -0.261. The molecule has 2 N–H and O–H groups in total. The number of carboxylic acid groups (broad SMARTS) is 1. The largest absolute Gasteiger partial charge is 0.480 e. The summed E-state index contributed by atoms with van der Waals surface area (Å²) in [7, 11) is 0. The predicted octanol–water partition coefficient (Wildman–Crippen LogP) is -0.911. The highest BCUT2D eigenvalue weighted by molar-refractivity contribution is 6.06. The SMILES string of the molecule is O=C(O)C1(C2=NCCN2)COC1. The first-order valence-electron chi connectivity index (χ1n) is 3.86. The van der Waals surface area contributed by atoms with Crippen LogP contribution in [-0.2, 0) is 9.53 Å². The van der Waals surface area contributed by atoms with Crippen LogP contribution < -0.4 is 5.32 Å². The summed E-state index contributed by atoms with van der Waals surface area (Å²) in [4.78, 5) is 15.0. The second-order valence-electron chi connectivity index (χ2n) is 3.04. The Morgan fingerprint density at radius 1 is 1.67 bits per heavy atom. The summed E-state index contributed by atoms with van der Waals surface area (Å²) >= 11 is 0. The number of hydrogen-bond acceptors (Lipinski definition) is 4. The van der Waals surface area contributed by atoms with Crippen LogP contribution in [0.25, 0.3) is 0 Å². The second kappa shape index (κ2) is 2.45. The molecule has 1 fully saturated rings. The van der Waals surface area contributed by atoms with Gasteiger partial charge in [0.25, 0.3) is 0 Å². The van der Waals surface area contributed by atoms with Crippen molar-refractivity contribution < 1.29 is 14.6 Å². The van der Waals surface area contributed by atoms with Gasteiger partial charge in [-0.05, 0) is 0 Å². The Hall–Kier alpha value is -1.10. The number of carboxylic acids is 1. The molecule has 0 aromatic rings. The number of amidine groups is 1. The third-order valence-electron chi connectivity index (χ3n) is 2.23. The van der Waals surface area contributed by atoms with Crippen molar-refractivity contribution in [1.82, 2.24) is 5.32 Å². The number of rotatable bonds is 2. The monoisotopic (exact) mass is 170 g/mol. The molecule has 2 aliphatic heterocycles. The summed E-state index contributed by atoms with van der Waals surface area (Å²) in [6.45, 7) is 1.90. The van der Waals surface area contributed by atoms with Crippen LogP contribution in [0.5, 0.6) is 0 Å². The van der Waals surface area contributed by atoms with E-state index < -0.39 is 11.4 Å². The van der Waals surface area contributed by atoms with E-state index in [0.717, 1.165) is 6.54 Å². The van der Waals surface area contributed by atoms with Gasteiger partial charge in [0.15, 0.2) is 5.41 Å². The van der Waals surface area contributed by atoms with Crippen LogP contribution in [0.1, 0.15) is 0 Å². The van der Waals surface area contributed by atoms with Gasteiger partial charge >= 0.3 is 5.97 Å². The van der Waals surface area contributed by atoms with Gasteiger partial charge in [-0.1, -0.05) is 0 Å². The fourth-order valence-electron chi connectivity index (χ4n) is 1.39. The smallest absolute Gasteiger partial charge is 0.322 e. The molecule has 2 rings (SSSR count). The molecule has 0 amide bonds. The fraction of sp³-hybridized carbons (Fsp3) is 0.714. The minimum Gasteiger partial charge on any atom is -0.480 e. The molecule has 0 spiro atoms. The van der Waals surface area contributed by atoms with Crippen LogP contribution in [0.4, 0.5) is 0 Å². The highest BCUT2D eigenvalue weighted by Crippen LogP contribution is 2.29. The van der Waals surface area contributed by atoms with Crippen LogP contribution >= 0.6 is 0 Å². The Morgan fingerprint density at radius 2 is 2.42 bits per heavy atom. The van der Waals surface area contributed by atoms with Crippen LogP contribution in [0.3, 0.4) is 0 Å². The van der Waals surface area contributed by atoms with E-state index in [1.807, 2.05) is 0 Å². The Bertz CT molecular complexity index is 245. The van der Waals surface area contributed by atoms with Crippen molar-refractivity contribution in [1.29, 1.82) is 0 Å². The van der Waals surface area contributed by atoms with Crippen molar-refractivity contribution in [3.63, 3.8) is 0 Å². The van der Waals surface area contributed by atoms with Gasteiger partial charge in [-0.2, -0.15) is 0 Å². The Kier molecular flexibility index (Phi) is 1.54. The molecule has 0 atom stereocenters. The number of aliphatic carboxylic acids is 1. The summed E-state index contributed by atoms with van der Waals surface area (Å²) in [6, 6.07) is 0. The molecule has 5 nitrogen and oxygen atoms in total. The first-order chi connectivity index (χ1) is 5.76. The second-order valence-corrected chi connectivity index (χ2v) is 3.04. The lowest BCUT2D eigenvalue weighted by molar-refractivity contribution is -0.166. The normalized spacial score (nSPS) is 25.5. The lowest BCUT2D eigenvalue weighted by Gasteiger charge is -2.37. The van der Waals surface area contributed by atoms with Crippen molar-refractivity contribution in [3.8, 4) is 0 Å². The molecule has 1 saturated heterocycles. The van der Waals surface area contributed by atoms with Gasteiger partial charge in [-0.25, -0.2) is 0 Å². The molecular weight excluding hydrogens is 160 g/mol. The zero-order valence-electron chi connectivity index (χ0n) is 6.54. The topological polar surface area (TPSA) is 70.9 Å². The van der Waals surface area contributed by atoms with Gasteiger partial charge in [-0.3, -0.25) is 9.79 Å². The highest BCUT2D eigenvalue weighted by atomic mass is 16.5. The minimum atomic E-state index is -0.865. The van der Waals surface area contributed by atoms with Crippen LogP contribution in [0.2, 0.25) is 0 Å². The fourth-order valence-corrected chi connectivity index (χ4v) is 1.39. The van der Waals surface area contributed by atoms with E-state index in [0.29, 0.717) is 12.4 Å². The van der Waals surface area contributed by atoms with E-state index in [-0.39, 0.29) is 13.2 Å². The number of nitrogens with one attached hydrogen (secondary N) is 1. The van der Waals surface area contributed by atoms with Gasteiger partial charge in [0.1, 0.15) is 5.84 Å². The maximum Gasteiger partial charge on any atom is 0.322 e. The average molecular weight is 170 g/mol. The number of nitrogens with zero attached hydrogens (tertiary/aromatic N) is 1. The Morgan fingerprint density at radius 3 is 2.75 bits per heavy atom. The molecule has 5 heteroatoms. The maximum atomic E-state index is 10.9. The summed E-state index contributed by atoms with van der Waals surface area (Å²) in [5.41, 5.74) is -0.865. The molecule has 2 heterocycles. The van der Waals surface area contributed by atoms with E-state index in [1.54, 1.807) is 0 Å². The van der Waals surface area contributed by atoms with Crippen molar-refractivity contribution >= 4 is 11.8 Å². The standard InChI is InChI=1S/C7H10N2O3/c10-6(11)7(3-12-4-7)5-8-1-2-9-5/h1-4H2,(H,8,9)(H,10,11). The van der Waals surface area contributed by atoms with Gasteiger partial charge in [0.05, 0.1) is 19.8 Å². The molecule has 0 unspecified atom stereocenters. The van der Waals surface area contributed by atoms with Crippen LogP contribution in [-0.4, -0.2) is 43.2 Å². The molecule has 0 radical (unpaired) electrons. The zero-order valence-corrected chi connectivity index (χ0v) is 6.54. The van der Waals surface area contributed by atoms with E-state index >= 15 is 0 Å². The molecule has 0 bridgehead atoms. The Balaban J connectivity index is 2.22. The third kappa shape index (κ3) is 0.828. The van der Waals surface area contributed by atoms with E-state index in [1.165, 1.54) is 0 Å². The molecule has 2 aliphatic rings. The van der Waals surface area contributed by atoms with Gasteiger partial charge in [0, 0.05) is 6.54 Å².